The van der Waals surface area contributed by atoms with Crippen LogP contribution in [0.15, 0.2) is 18.2 Å². The summed E-state index contributed by atoms with van der Waals surface area (Å²) in [6.45, 7) is 5.31. The van der Waals surface area contributed by atoms with Gasteiger partial charge in [-0.15, -0.1) is 0 Å². The lowest BCUT2D eigenvalue weighted by Crippen LogP contribution is -2.39. The molecule has 0 radical (unpaired) electrons. The molecular weight excluding hydrogens is 273 g/mol. The number of nitrogens with zero attached hydrogens (tertiary/aromatic N) is 1. The second-order valence-electron chi connectivity index (χ2n) is 5.49. The number of carbonyl (C=O) groups is 1. The van der Waals surface area contributed by atoms with Crippen molar-refractivity contribution >= 4 is 5.97 Å². The molecule has 0 bridgehead atoms. The normalized spacial score (nSPS) is 19.6. The van der Waals surface area contributed by atoms with Crippen molar-refractivity contribution in [2.45, 2.75) is 38.8 Å². The number of carboxylic acids is 1. The van der Waals surface area contributed by atoms with Crippen molar-refractivity contribution in [3.05, 3.63) is 35.1 Å². The summed E-state index contributed by atoms with van der Waals surface area (Å²) in [5, 5.41) is 8.96. The Morgan fingerprint density at radius 2 is 2.33 bits per heavy atom. The molecule has 0 amide bonds. The van der Waals surface area contributed by atoms with Crippen LogP contribution in [0.3, 0.4) is 0 Å². The van der Waals surface area contributed by atoms with E-state index in [1.54, 1.807) is 6.07 Å². The van der Waals surface area contributed by atoms with Gasteiger partial charge in [0.15, 0.2) is 0 Å². The third-order valence-electron chi connectivity index (χ3n) is 3.69. The van der Waals surface area contributed by atoms with Crippen LogP contribution in [0.25, 0.3) is 0 Å². The van der Waals surface area contributed by atoms with Crippen molar-refractivity contribution in [3.8, 4) is 0 Å². The number of piperidine rings is 1. The van der Waals surface area contributed by atoms with E-state index in [9.17, 15) is 9.18 Å². The maximum absolute atomic E-state index is 13.4. The lowest BCUT2D eigenvalue weighted by atomic mass is 10.1. The zero-order valence-electron chi connectivity index (χ0n) is 12.3. The van der Waals surface area contributed by atoms with Gasteiger partial charge in [0.05, 0.1) is 11.7 Å². The lowest BCUT2D eigenvalue weighted by molar-refractivity contribution is -0.00224. The first-order chi connectivity index (χ1) is 10.1. The molecule has 1 aliphatic rings. The molecule has 5 heteroatoms. The third kappa shape index (κ3) is 4.51. The molecule has 1 unspecified atom stereocenters. The summed E-state index contributed by atoms with van der Waals surface area (Å²) in [4.78, 5) is 13.2. The van der Waals surface area contributed by atoms with Gasteiger partial charge in [-0.1, -0.05) is 13.0 Å². The highest BCUT2D eigenvalue weighted by molar-refractivity contribution is 5.88. The summed E-state index contributed by atoms with van der Waals surface area (Å²) < 4.78 is 19.2. The number of benzene rings is 1. The van der Waals surface area contributed by atoms with E-state index in [1.807, 2.05) is 0 Å². The van der Waals surface area contributed by atoms with Crippen LogP contribution in [0.5, 0.6) is 0 Å². The minimum absolute atomic E-state index is 0.248. The molecule has 0 spiro atoms. The highest BCUT2D eigenvalue weighted by atomic mass is 19.1. The molecule has 4 nitrogen and oxygen atoms in total. The van der Waals surface area contributed by atoms with Gasteiger partial charge in [0.25, 0.3) is 0 Å². The van der Waals surface area contributed by atoms with Gasteiger partial charge in [-0.05, 0) is 43.5 Å². The van der Waals surface area contributed by atoms with Crippen LogP contribution in [0.4, 0.5) is 4.39 Å². The van der Waals surface area contributed by atoms with Gasteiger partial charge < -0.3 is 9.84 Å². The summed E-state index contributed by atoms with van der Waals surface area (Å²) in [6, 6.07) is 4.31. The van der Waals surface area contributed by atoms with E-state index in [0.717, 1.165) is 44.5 Å². The Balaban J connectivity index is 1.97. The van der Waals surface area contributed by atoms with E-state index in [0.29, 0.717) is 6.54 Å². The van der Waals surface area contributed by atoms with E-state index in [4.69, 9.17) is 9.84 Å². The van der Waals surface area contributed by atoms with Crippen molar-refractivity contribution in [3.63, 3.8) is 0 Å². The maximum Gasteiger partial charge on any atom is 0.338 e. The number of rotatable bonds is 6. The number of ether oxygens (including phenoxy) is 1. The van der Waals surface area contributed by atoms with Crippen molar-refractivity contribution < 1.29 is 19.0 Å². The first kappa shape index (κ1) is 15.9. The Morgan fingerprint density at radius 1 is 1.52 bits per heavy atom. The van der Waals surface area contributed by atoms with Gasteiger partial charge in [-0.2, -0.15) is 0 Å². The molecule has 1 fully saturated rings. The van der Waals surface area contributed by atoms with Crippen LogP contribution < -0.4 is 0 Å². The van der Waals surface area contributed by atoms with Gasteiger partial charge in [0, 0.05) is 19.7 Å². The van der Waals surface area contributed by atoms with Crippen LogP contribution in [-0.2, 0) is 11.3 Å². The molecule has 0 aromatic heterocycles. The number of hydrogen-bond acceptors (Lipinski definition) is 3. The Kier molecular flexibility index (Phi) is 5.70. The highest BCUT2D eigenvalue weighted by Crippen LogP contribution is 2.18. The van der Waals surface area contributed by atoms with Crippen LogP contribution in [0.1, 0.15) is 42.1 Å². The smallest absolute Gasteiger partial charge is 0.338 e. The molecule has 116 valence electrons. The molecule has 2 rings (SSSR count). The van der Waals surface area contributed by atoms with Gasteiger partial charge in [-0.25, -0.2) is 9.18 Å². The fraction of sp³-hybridized carbons (Fsp3) is 0.562. The number of halogens is 1. The van der Waals surface area contributed by atoms with E-state index in [-0.39, 0.29) is 11.7 Å². The van der Waals surface area contributed by atoms with Gasteiger partial charge in [0.1, 0.15) is 5.82 Å². The average Bonchev–Trinajstić information content (AvgIpc) is 2.47. The molecule has 1 aromatic rings. The van der Waals surface area contributed by atoms with Crippen LogP contribution in [-0.4, -0.2) is 41.8 Å². The number of hydrogen-bond donors (Lipinski definition) is 1. The number of carboxylic acid groups (broad SMARTS) is 1. The topological polar surface area (TPSA) is 49.8 Å². The third-order valence-corrected chi connectivity index (χ3v) is 3.69. The fourth-order valence-electron chi connectivity index (χ4n) is 2.67. The van der Waals surface area contributed by atoms with E-state index in [2.05, 4.69) is 11.8 Å². The number of aromatic carboxylic acids is 1. The quantitative estimate of drug-likeness (QED) is 0.876. The van der Waals surface area contributed by atoms with Crippen molar-refractivity contribution in [1.29, 1.82) is 0 Å². The zero-order chi connectivity index (χ0) is 15.2. The molecule has 1 aromatic carbocycles. The molecule has 1 saturated heterocycles. The van der Waals surface area contributed by atoms with Crippen LogP contribution >= 0.6 is 0 Å². The molecule has 1 heterocycles. The maximum atomic E-state index is 13.4. The lowest BCUT2D eigenvalue weighted by Gasteiger charge is -2.32. The number of likely N-dealkylation sites (tertiary alicyclic amines) is 1. The molecule has 1 atom stereocenters. The molecule has 0 saturated carbocycles. The molecule has 1 aliphatic heterocycles. The molecular formula is C16H22FNO3. The largest absolute Gasteiger partial charge is 0.478 e. The predicted octanol–water partition coefficient (Wildman–Crippen LogP) is 2.91. The second-order valence-corrected chi connectivity index (χ2v) is 5.49. The summed E-state index contributed by atoms with van der Waals surface area (Å²) in [6.07, 6.45) is 3.40. The van der Waals surface area contributed by atoms with E-state index >= 15 is 0 Å². The van der Waals surface area contributed by atoms with Gasteiger partial charge >= 0.3 is 5.97 Å². The Labute approximate surface area is 124 Å². The minimum atomic E-state index is -1.22. The van der Waals surface area contributed by atoms with E-state index < -0.39 is 11.8 Å². The van der Waals surface area contributed by atoms with Crippen molar-refractivity contribution in [2.24, 2.45) is 0 Å². The Hall–Kier alpha value is -1.46. The summed E-state index contributed by atoms with van der Waals surface area (Å²) in [5.41, 5.74) is 0.563. The SMILES string of the molecule is CCCOC1CCCN(Cc2ccc(F)c(C(=O)O)c2)C1. The standard InChI is InChI=1S/C16H22FNO3/c1-2-8-21-13-4-3-7-18(11-13)10-12-5-6-15(17)14(9-12)16(19)20/h5-6,9,13H,2-4,7-8,10-11H2,1H3,(H,19,20). The van der Waals surface area contributed by atoms with Gasteiger partial charge in [-0.3, -0.25) is 4.90 Å². The first-order valence-electron chi connectivity index (χ1n) is 7.45. The summed E-state index contributed by atoms with van der Waals surface area (Å²) >= 11 is 0. The Morgan fingerprint density at radius 3 is 3.05 bits per heavy atom. The van der Waals surface area contributed by atoms with Gasteiger partial charge in [0.2, 0.25) is 0 Å². The predicted molar refractivity (Wildman–Crippen MR) is 77.9 cm³/mol. The second kappa shape index (κ2) is 7.52. The summed E-state index contributed by atoms with van der Waals surface area (Å²) in [5.74, 6) is -1.91. The van der Waals surface area contributed by atoms with Crippen molar-refractivity contribution in [1.82, 2.24) is 4.90 Å². The fourth-order valence-corrected chi connectivity index (χ4v) is 2.67. The Bertz CT molecular complexity index is 492. The molecule has 1 N–H and O–H groups in total. The monoisotopic (exact) mass is 295 g/mol. The molecule has 0 aliphatic carbocycles. The summed E-state index contributed by atoms with van der Waals surface area (Å²) in [7, 11) is 0. The van der Waals surface area contributed by atoms with E-state index in [1.165, 1.54) is 12.1 Å². The highest BCUT2D eigenvalue weighted by Gasteiger charge is 2.21. The van der Waals surface area contributed by atoms with Crippen LogP contribution in [0.2, 0.25) is 0 Å². The molecule has 21 heavy (non-hydrogen) atoms. The van der Waals surface area contributed by atoms with Crippen molar-refractivity contribution in [2.75, 3.05) is 19.7 Å². The van der Waals surface area contributed by atoms with Crippen LogP contribution in [0, 0.1) is 5.82 Å². The zero-order valence-corrected chi connectivity index (χ0v) is 12.3. The minimum Gasteiger partial charge on any atom is -0.478 e. The first-order valence-corrected chi connectivity index (χ1v) is 7.45. The average molecular weight is 295 g/mol.